The van der Waals surface area contributed by atoms with Gasteiger partial charge in [0.05, 0.1) is 21.2 Å². The normalized spacial score (nSPS) is 18.7. The average molecular weight is 933 g/mol. The number of amides is 1. The summed E-state index contributed by atoms with van der Waals surface area (Å²) in [5.41, 5.74) is 6.67. The molecule has 1 saturated heterocycles. The number of likely N-dealkylation sites (N-methyl/N-ethyl adjacent to an activating group) is 1. The minimum Gasteiger partial charge on any atom is -0.857 e. The molecule has 14 heteroatoms. The molecular weight excluding hydrogens is 881 g/mol. The number of carbonyl (C=O) groups excluding carboxylic acids is 2. The van der Waals surface area contributed by atoms with Crippen molar-refractivity contribution in [1.29, 1.82) is 0 Å². The van der Waals surface area contributed by atoms with Crippen molar-refractivity contribution in [1.82, 2.24) is 9.88 Å². The molecule has 0 spiro atoms. The number of rotatable bonds is 16. The van der Waals surface area contributed by atoms with Crippen LogP contribution < -0.4 is 15.2 Å². The second-order valence-corrected chi connectivity index (χ2v) is 19.3. The number of aryl methyl sites for hydroxylation is 1. The highest BCUT2D eigenvalue weighted by Crippen LogP contribution is 2.45. The maximum atomic E-state index is 14.4. The number of hydrogen-bond donors (Lipinski definition) is 1. The van der Waals surface area contributed by atoms with Gasteiger partial charge in [-0.25, -0.2) is 9.78 Å². The first-order valence-corrected chi connectivity index (χ1v) is 24.2. The van der Waals surface area contributed by atoms with Gasteiger partial charge >= 0.3 is 5.97 Å². The van der Waals surface area contributed by atoms with Crippen molar-refractivity contribution in [2.24, 2.45) is 10.1 Å². The smallest absolute Gasteiger partial charge is 0.355 e. The minimum atomic E-state index is -1.07. The molecule has 342 valence electrons. The lowest BCUT2D eigenvalue weighted by molar-refractivity contribution is -0.917. The Morgan fingerprint density at radius 3 is 2.13 bits per heavy atom. The number of hydrogen-bond acceptors (Lipinski definition) is 12. The van der Waals surface area contributed by atoms with E-state index in [2.05, 4.69) is 90.2 Å². The number of methoxy groups -OCH3 is 1. The third-order valence-corrected chi connectivity index (χ3v) is 14.9. The molecule has 2 unspecified atom stereocenters. The molecule has 67 heavy (non-hydrogen) atoms. The number of anilines is 1. The number of aromatic nitrogens is 1. The number of fused-ring (bicyclic) bond motifs is 2. The Hall–Kier alpha value is -6.74. The van der Waals surface area contributed by atoms with Crippen LogP contribution >= 0.6 is 23.1 Å². The van der Waals surface area contributed by atoms with Crippen LogP contribution in [0.3, 0.4) is 0 Å². The van der Waals surface area contributed by atoms with Gasteiger partial charge in [-0.15, -0.1) is 23.1 Å². The van der Waals surface area contributed by atoms with E-state index in [1.165, 1.54) is 46.2 Å². The van der Waals surface area contributed by atoms with Crippen LogP contribution in [0.15, 0.2) is 166 Å². The van der Waals surface area contributed by atoms with Gasteiger partial charge in [0.15, 0.2) is 11.2 Å². The highest BCUT2D eigenvalue weighted by atomic mass is 32.2. The van der Waals surface area contributed by atoms with E-state index in [0.717, 1.165) is 47.1 Å². The number of thiazole rings is 1. The Morgan fingerprint density at radius 1 is 0.881 bits per heavy atom. The van der Waals surface area contributed by atoms with E-state index in [1.807, 2.05) is 78.9 Å². The summed E-state index contributed by atoms with van der Waals surface area (Å²) in [7, 11) is 7.32. The number of esters is 1. The first-order valence-electron chi connectivity index (χ1n) is 22.3. The van der Waals surface area contributed by atoms with Crippen molar-refractivity contribution in [3.8, 4) is 5.75 Å². The van der Waals surface area contributed by atoms with Crippen LogP contribution in [0, 0.1) is 0 Å². The van der Waals surface area contributed by atoms with Crippen molar-refractivity contribution < 1.29 is 33.5 Å². The van der Waals surface area contributed by atoms with Crippen molar-refractivity contribution in [3.63, 3.8) is 0 Å². The molecule has 6 aromatic rings. The van der Waals surface area contributed by atoms with E-state index in [4.69, 9.17) is 19.3 Å². The van der Waals surface area contributed by atoms with E-state index in [1.54, 1.807) is 12.5 Å². The molecule has 5 aromatic carbocycles. The zero-order valence-electron chi connectivity index (χ0n) is 37.8. The first-order chi connectivity index (χ1) is 32.6. The van der Waals surface area contributed by atoms with E-state index >= 15 is 0 Å². The lowest BCUT2D eigenvalue weighted by Gasteiger charge is -2.49. The van der Waals surface area contributed by atoms with Crippen LogP contribution in [-0.2, 0) is 37.7 Å². The Balaban J connectivity index is 1.00. The lowest BCUT2D eigenvalue weighted by atomic mass is 9.77. The van der Waals surface area contributed by atoms with Gasteiger partial charge in [0.1, 0.15) is 60.1 Å². The predicted molar refractivity (Wildman–Crippen MR) is 262 cm³/mol. The number of aliphatic imine (C=N–C) groups is 1. The summed E-state index contributed by atoms with van der Waals surface area (Å²) in [5, 5.41) is 23.7. The van der Waals surface area contributed by atoms with E-state index < -0.39 is 34.7 Å². The lowest BCUT2D eigenvalue weighted by Crippen LogP contribution is -2.65. The molecule has 0 saturated carbocycles. The molecule has 0 radical (unpaired) electrons. The molecule has 9 rings (SSSR count). The number of quaternary nitrogens is 1. The molecule has 3 atom stereocenters. The fourth-order valence-electron chi connectivity index (χ4n) is 9.61. The topological polar surface area (TPSA) is 138 Å². The van der Waals surface area contributed by atoms with Gasteiger partial charge in [0, 0.05) is 34.6 Å². The number of β-lactam (4-membered cyclic amide) rings is 1. The molecule has 3 aliphatic rings. The van der Waals surface area contributed by atoms with Crippen LogP contribution in [0.5, 0.6) is 5.75 Å². The van der Waals surface area contributed by atoms with Crippen LogP contribution in [-0.4, -0.2) is 89.9 Å². The summed E-state index contributed by atoms with van der Waals surface area (Å²) in [5.74, 6) is -0.689. The summed E-state index contributed by atoms with van der Waals surface area (Å²) in [6.07, 6.45) is 3.11. The van der Waals surface area contributed by atoms with Gasteiger partial charge in [-0.05, 0) is 52.8 Å². The number of nitrogens with one attached hydrogen (secondary N) is 1. The fraction of sp³-hybridized carbons (Fsp3) is 0.264. The van der Waals surface area contributed by atoms with Gasteiger partial charge in [-0.1, -0.05) is 133 Å². The quantitative estimate of drug-likeness (QED) is 0.0194. The van der Waals surface area contributed by atoms with E-state index in [9.17, 15) is 14.7 Å². The summed E-state index contributed by atoms with van der Waals surface area (Å²) < 4.78 is 11.9. The average Bonchev–Trinajstić information content (AvgIpc) is 3.84. The van der Waals surface area contributed by atoms with Gasteiger partial charge in [-0.3, -0.25) is 14.7 Å². The summed E-state index contributed by atoms with van der Waals surface area (Å²) in [6.45, 7) is 0.519. The van der Waals surface area contributed by atoms with Gasteiger partial charge in [0.25, 0.3) is 5.91 Å². The van der Waals surface area contributed by atoms with Crippen LogP contribution in [0.4, 0.5) is 5.13 Å². The predicted octanol–water partition coefficient (Wildman–Crippen LogP) is 8.10. The Bertz CT molecular complexity index is 2720. The molecule has 1 aromatic heterocycles. The number of nitrogens with zero attached hydrogens (tertiary/aromatic N) is 5. The third kappa shape index (κ3) is 9.08. The van der Waals surface area contributed by atoms with Crippen molar-refractivity contribution in [2.45, 2.75) is 48.9 Å². The molecule has 1 fully saturated rings. The zero-order valence-corrected chi connectivity index (χ0v) is 39.5. The molecule has 12 nitrogen and oxygen atoms in total. The summed E-state index contributed by atoms with van der Waals surface area (Å²) >= 11 is 2.80. The SMILES string of the molecule is CO/N=C(\C([O-])=N[C@@H]1C(=O)N2C(C(=O)OCc3ccc(OC)cc3)=C(C[N+](C)(C)C3CCCc4ccccc43)CSC12)c1csc(NC(c2ccccc2)(c2ccccc2)c2ccccc2)n1. The van der Waals surface area contributed by atoms with Crippen LogP contribution in [0.25, 0.3) is 0 Å². The van der Waals surface area contributed by atoms with E-state index in [0.29, 0.717) is 27.7 Å². The molecule has 1 N–H and O–H groups in total. The maximum absolute atomic E-state index is 14.4. The minimum absolute atomic E-state index is 0.00445. The van der Waals surface area contributed by atoms with Gasteiger partial charge in [0.2, 0.25) is 0 Å². The number of thioether (sulfide) groups is 1. The standard InChI is InChI=1S/C53H52N6O6S2/c1-59(2,44-26-16-18-36-17-14-15-25-42(36)44)31-37-33-66-50-46(49(61)58(50)47(37)51(62)65-32-35-27-29-41(63-3)30-28-35)55-48(60)45(57-64-4)43-34-67-52(54-43)56-53(38-19-8-5-9-20-38,39-21-10-6-11-22-39)40-23-12-7-13-24-40/h5-15,17,19-25,27-30,34,44,46,50H,16,18,26,31-33H2,1-4H3,(H-,54,55,56,60)/b57-45-/t44?,46-,50?/m1/s1. The Kier molecular flexibility index (Phi) is 13.3. The molecular formula is C53H52N6O6S2. The van der Waals surface area contributed by atoms with Crippen molar-refractivity contribution in [2.75, 3.05) is 45.9 Å². The highest BCUT2D eigenvalue weighted by Gasteiger charge is 2.55. The van der Waals surface area contributed by atoms with Crippen molar-refractivity contribution >= 4 is 51.7 Å². The second kappa shape index (κ2) is 19.6. The number of carbonyl (C=O) groups is 2. The third-order valence-electron chi connectivity index (χ3n) is 12.8. The number of benzene rings is 5. The van der Waals surface area contributed by atoms with E-state index in [-0.39, 0.29) is 29.8 Å². The van der Waals surface area contributed by atoms with Crippen molar-refractivity contribution in [3.05, 3.63) is 195 Å². The fourth-order valence-corrected chi connectivity index (χ4v) is 11.7. The number of ether oxygens (including phenoxy) is 2. The Labute approximate surface area is 399 Å². The molecule has 1 amide bonds. The van der Waals surface area contributed by atoms with Crippen LogP contribution in [0.2, 0.25) is 0 Å². The summed E-state index contributed by atoms with van der Waals surface area (Å²) in [4.78, 5) is 44.7. The second-order valence-electron chi connectivity index (χ2n) is 17.3. The molecule has 0 bridgehead atoms. The largest absolute Gasteiger partial charge is 0.857 e. The molecule has 3 heterocycles. The maximum Gasteiger partial charge on any atom is 0.355 e. The number of oxime groups is 1. The summed E-state index contributed by atoms with van der Waals surface area (Å²) in [6, 6.07) is 45.4. The molecule has 2 aliphatic heterocycles. The van der Waals surface area contributed by atoms with Gasteiger partial charge < -0.3 is 29.2 Å². The zero-order chi connectivity index (χ0) is 46.5. The Morgan fingerprint density at radius 2 is 1.51 bits per heavy atom. The first kappa shape index (κ1) is 45.4. The van der Waals surface area contributed by atoms with Crippen LogP contribution in [0.1, 0.15) is 58.0 Å². The monoisotopic (exact) mass is 932 g/mol. The highest BCUT2D eigenvalue weighted by molar-refractivity contribution is 8.00. The van der Waals surface area contributed by atoms with Gasteiger partial charge in [-0.2, -0.15) is 0 Å². The molecule has 1 aliphatic carbocycles.